The van der Waals surface area contributed by atoms with Crippen LogP contribution in [0.4, 0.5) is 10.8 Å². The zero-order chi connectivity index (χ0) is 15.6. The van der Waals surface area contributed by atoms with Crippen LogP contribution in [-0.4, -0.2) is 22.2 Å². The van der Waals surface area contributed by atoms with Crippen molar-refractivity contribution in [2.75, 3.05) is 11.9 Å². The van der Waals surface area contributed by atoms with E-state index in [1.807, 2.05) is 6.92 Å². The van der Waals surface area contributed by atoms with Gasteiger partial charge in [-0.15, -0.1) is 0 Å². The molecule has 1 aromatic carbocycles. The number of ketones is 1. The molecule has 6 nitrogen and oxygen atoms in total. The van der Waals surface area contributed by atoms with Crippen LogP contribution in [0.1, 0.15) is 27.9 Å². The number of nitrogens with zero attached hydrogens (tertiary/aromatic N) is 2. The van der Waals surface area contributed by atoms with Crippen LogP contribution in [0.2, 0.25) is 5.02 Å². The molecule has 2 rings (SSSR count). The van der Waals surface area contributed by atoms with Gasteiger partial charge in [-0.3, -0.25) is 14.9 Å². The second-order valence-electron chi connectivity index (χ2n) is 4.22. The summed E-state index contributed by atoms with van der Waals surface area (Å²) in [7, 11) is 0. The van der Waals surface area contributed by atoms with Gasteiger partial charge >= 0.3 is 0 Å². The van der Waals surface area contributed by atoms with Gasteiger partial charge < -0.3 is 5.32 Å². The fourth-order valence-electron chi connectivity index (χ4n) is 1.76. The molecule has 0 unspecified atom stereocenters. The number of thiazole rings is 1. The Morgan fingerprint density at radius 1 is 1.52 bits per heavy atom. The van der Waals surface area contributed by atoms with Gasteiger partial charge in [-0.25, -0.2) is 4.98 Å². The lowest BCUT2D eigenvalue weighted by Gasteiger charge is -2.01. The molecule has 110 valence electrons. The van der Waals surface area contributed by atoms with E-state index in [1.54, 1.807) is 6.92 Å². The highest BCUT2D eigenvalue weighted by molar-refractivity contribution is 7.17. The molecule has 0 aliphatic carbocycles. The smallest absolute Gasteiger partial charge is 0.288 e. The van der Waals surface area contributed by atoms with Crippen LogP contribution in [0.3, 0.4) is 0 Å². The Hall–Kier alpha value is -1.99. The summed E-state index contributed by atoms with van der Waals surface area (Å²) in [4.78, 5) is 27.4. The highest BCUT2D eigenvalue weighted by Gasteiger charge is 2.21. The van der Waals surface area contributed by atoms with Gasteiger partial charge in [0, 0.05) is 18.2 Å². The second kappa shape index (κ2) is 6.19. The predicted octanol–water partition coefficient (Wildman–Crippen LogP) is 3.68. The summed E-state index contributed by atoms with van der Waals surface area (Å²) in [6.07, 6.45) is 0. The van der Waals surface area contributed by atoms with Crippen LogP contribution in [-0.2, 0) is 0 Å². The summed E-state index contributed by atoms with van der Waals surface area (Å²) in [6.45, 7) is 4.36. The maximum Gasteiger partial charge on any atom is 0.288 e. The van der Waals surface area contributed by atoms with E-state index in [9.17, 15) is 14.9 Å². The van der Waals surface area contributed by atoms with Crippen LogP contribution < -0.4 is 5.32 Å². The minimum absolute atomic E-state index is 0.00548. The quantitative estimate of drug-likeness (QED) is 0.515. The normalized spacial score (nSPS) is 10.4. The molecular formula is C13H12ClN3O3S. The number of halogens is 1. The molecule has 0 saturated heterocycles. The molecule has 0 aliphatic rings. The largest absolute Gasteiger partial charge is 0.362 e. The molecule has 8 heteroatoms. The summed E-state index contributed by atoms with van der Waals surface area (Å²) in [5.74, 6) is -0.297. The molecule has 0 spiro atoms. The average Bonchev–Trinajstić information content (AvgIpc) is 2.79. The highest BCUT2D eigenvalue weighted by Crippen LogP contribution is 2.29. The van der Waals surface area contributed by atoms with Gasteiger partial charge in [0.2, 0.25) is 5.78 Å². The standard InChI is InChI=1S/C13H12ClN3O3S/c1-3-15-13-16-7(2)12(21-13)11(18)8-4-5-9(14)10(6-8)17(19)20/h4-6H,3H2,1-2H3,(H,15,16). The van der Waals surface area contributed by atoms with E-state index in [2.05, 4.69) is 10.3 Å². The number of hydrogen-bond acceptors (Lipinski definition) is 6. The number of carbonyl (C=O) groups excluding carboxylic acids is 1. The third-order valence-electron chi connectivity index (χ3n) is 2.74. The Kier molecular flexibility index (Phi) is 4.54. The van der Waals surface area contributed by atoms with E-state index in [0.29, 0.717) is 22.2 Å². The maximum atomic E-state index is 12.4. The summed E-state index contributed by atoms with van der Waals surface area (Å²) in [6, 6.07) is 4.02. The second-order valence-corrected chi connectivity index (χ2v) is 5.62. The Bertz CT molecular complexity index is 715. The van der Waals surface area contributed by atoms with Crippen LogP contribution in [0, 0.1) is 17.0 Å². The molecule has 0 fully saturated rings. The van der Waals surface area contributed by atoms with Gasteiger partial charge in [0.15, 0.2) is 5.13 Å². The molecule has 0 amide bonds. The van der Waals surface area contributed by atoms with E-state index in [0.717, 1.165) is 0 Å². The number of nitro benzene ring substituents is 1. The van der Waals surface area contributed by atoms with Crippen molar-refractivity contribution in [1.29, 1.82) is 0 Å². The van der Waals surface area contributed by atoms with E-state index >= 15 is 0 Å². The summed E-state index contributed by atoms with van der Waals surface area (Å²) >= 11 is 6.98. The molecule has 0 aliphatic heterocycles. The van der Waals surface area contributed by atoms with Crippen LogP contribution in [0.5, 0.6) is 0 Å². The number of hydrogen-bond donors (Lipinski definition) is 1. The minimum Gasteiger partial charge on any atom is -0.362 e. The van der Waals surface area contributed by atoms with Crippen LogP contribution in [0.15, 0.2) is 18.2 Å². The molecule has 0 saturated carbocycles. The number of nitrogens with one attached hydrogen (secondary N) is 1. The minimum atomic E-state index is -0.608. The lowest BCUT2D eigenvalue weighted by atomic mass is 10.1. The van der Waals surface area contributed by atoms with Gasteiger partial charge in [-0.05, 0) is 26.0 Å². The zero-order valence-corrected chi connectivity index (χ0v) is 12.9. The van der Waals surface area contributed by atoms with E-state index in [1.165, 1.54) is 29.5 Å². The van der Waals surface area contributed by atoms with Gasteiger partial charge in [0.05, 0.1) is 15.5 Å². The van der Waals surface area contributed by atoms with Crippen molar-refractivity contribution in [3.8, 4) is 0 Å². The number of nitro groups is 1. The molecule has 1 heterocycles. The first-order chi connectivity index (χ1) is 9.93. The van der Waals surface area contributed by atoms with Crippen LogP contribution >= 0.6 is 22.9 Å². The topological polar surface area (TPSA) is 85.1 Å². The fraction of sp³-hybridized carbons (Fsp3) is 0.231. The lowest BCUT2D eigenvalue weighted by molar-refractivity contribution is -0.384. The van der Waals surface area contributed by atoms with Gasteiger partial charge in [-0.1, -0.05) is 22.9 Å². The molecule has 0 radical (unpaired) electrons. The Morgan fingerprint density at radius 2 is 2.24 bits per heavy atom. The summed E-state index contributed by atoms with van der Waals surface area (Å²) in [5.41, 5.74) is 0.538. The molecule has 0 bridgehead atoms. The van der Waals surface area contributed by atoms with Crippen molar-refractivity contribution in [3.63, 3.8) is 0 Å². The van der Waals surface area contributed by atoms with E-state index in [-0.39, 0.29) is 22.1 Å². The number of aromatic nitrogens is 1. The Balaban J connectivity index is 2.40. The van der Waals surface area contributed by atoms with Crippen molar-refractivity contribution in [2.45, 2.75) is 13.8 Å². The summed E-state index contributed by atoms with van der Waals surface area (Å²) < 4.78 is 0. The number of aryl methyl sites for hydroxylation is 1. The molecule has 21 heavy (non-hydrogen) atoms. The number of benzene rings is 1. The molecule has 2 aromatic rings. The highest BCUT2D eigenvalue weighted by atomic mass is 35.5. The third-order valence-corrected chi connectivity index (χ3v) is 4.17. The average molecular weight is 326 g/mol. The monoisotopic (exact) mass is 325 g/mol. The molecule has 0 atom stereocenters. The lowest BCUT2D eigenvalue weighted by Crippen LogP contribution is -2.02. The zero-order valence-electron chi connectivity index (χ0n) is 11.3. The number of carbonyl (C=O) groups is 1. The van der Waals surface area contributed by atoms with Crippen molar-refractivity contribution in [1.82, 2.24) is 4.98 Å². The van der Waals surface area contributed by atoms with Crippen molar-refractivity contribution >= 4 is 39.5 Å². The van der Waals surface area contributed by atoms with Crippen molar-refractivity contribution < 1.29 is 9.72 Å². The van der Waals surface area contributed by atoms with E-state index < -0.39 is 4.92 Å². The Labute approximate surface area is 129 Å². The summed E-state index contributed by atoms with van der Waals surface area (Å²) in [5, 5.41) is 14.6. The first-order valence-corrected chi connectivity index (χ1v) is 7.33. The van der Waals surface area contributed by atoms with E-state index in [4.69, 9.17) is 11.6 Å². The fourth-order valence-corrected chi connectivity index (χ4v) is 2.94. The van der Waals surface area contributed by atoms with Gasteiger partial charge in [0.25, 0.3) is 5.69 Å². The van der Waals surface area contributed by atoms with Crippen molar-refractivity contribution in [2.24, 2.45) is 0 Å². The Morgan fingerprint density at radius 3 is 2.86 bits per heavy atom. The number of anilines is 1. The molecule has 1 N–H and O–H groups in total. The molecular weight excluding hydrogens is 314 g/mol. The first kappa shape index (κ1) is 15.4. The van der Waals surface area contributed by atoms with Gasteiger partial charge in [-0.2, -0.15) is 0 Å². The van der Waals surface area contributed by atoms with Crippen LogP contribution in [0.25, 0.3) is 0 Å². The van der Waals surface area contributed by atoms with Crippen molar-refractivity contribution in [3.05, 3.63) is 49.5 Å². The number of rotatable bonds is 5. The third kappa shape index (κ3) is 3.20. The van der Waals surface area contributed by atoms with Gasteiger partial charge in [0.1, 0.15) is 5.02 Å². The predicted molar refractivity (Wildman–Crippen MR) is 82.6 cm³/mol. The SMILES string of the molecule is CCNc1nc(C)c(C(=O)c2ccc(Cl)c([N+](=O)[O-])c2)s1. The molecule has 1 aromatic heterocycles. The first-order valence-electron chi connectivity index (χ1n) is 6.14. The maximum absolute atomic E-state index is 12.4.